The SMILES string of the molecule is COCC[O][Al]([Br])[O]CCOC.[Na]. The summed E-state index contributed by atoms with van der Waals surface area (Å²) < 4.78 is 20.2. The number of rotatable bonds is 8. The Morgan fingerprint density at radius 1 is 0.923 bits per heavy atom. The maximum atomic E-state index is 5.28. The Hall–Kier alpha value is 1.85. The van der Waals surface area contributed by atoms with Crippen molar-refractivity contribution in [2.75, 3.05) is 40.6 Å². The largest absolute Gasteiger partial charge is 0.774 e. The van der Waals surface area contributed by atoms with E-state index in [0.717, 1.165) is 0 Å². The molecule has 0 amide bonds. The van der Waals surface area contributed by atoms with Gasteiger partial charge in [-0.05, 0) is 0 Å². The molecule has 0 fully saturated rings. The van der Waals surface area contributed by atoms with Gasteiger partial charge in [0.1, 0.15) is 0 Å². The van der Waals surface area contributed by atoms with E-state index < -0.39 is 13.0 Å². The van der Waals surface area contributed by atoms with Gasteiger partial charge >= 0.3 is 13.0 Å². The van der Waals surface area contributed by atoms with Crippen LogP contribution in [0.15, 0.2) is 0 Å². The van der Waals surface area contributed by atoms with Crippen molar-refractivity contribution in [3.05, 3.63) is 0 Å². The van der Waals surface area contributed by atoms with Crippen molar-refractivity contribution in [1.82, 2.24) is 0 Å². The van der Waals surface area contributed by atoms with Crippen LogP contribution in [0.3, 0.4) is 0 Å². The zero-order chi connectivity index (χ0) is 9.23. The first-order chi connectivity index (χ1) is 5.81. The van der Waals surface area contributed by atoms with E-state index in [1.807, 2.05) is 0 Å². The molecular formula is C6H14AlBrNaO4. The van der Waals surface area contributed by atoms with Gasteiger partial charge in [0.25, 0.3) is 0 Å². The molecule has 0 heterocycles. The second-order valence-corrected chi connectivity index (χ2v) is 5.46. The van der Waals surface area contributed by atoms with Gasteiger partial charge in [0.05, 0.1) is 13.2 Å². The van der Waals surface area contributed by atoms with Gasteiger partial charge in [0.15, 0.2) is 0 Å². The summed E-state index contributed by atoms with van der Waals surface area (Å²) in [4.78, 5) is 0. The first-order valence-corrected chi connectivity index (χ1v) is 7.79. The molecule has 0 unspecified atom stereocenters. The topological polar surface area (TPSA) is 36.9 Å². The van der Waals surface area contributed by atoms with Crippen molar-refractivity contribution >= 4 is 56.6 Å². The van der Waals surface area contributed by atoms with Crippen LogP contribution >= 0.6 is 14.1 Å². The van der Waals surface area contributed by atoms with Crippen LogP contribution in [0, 0.1) is 0 Å². The van der Waals surface area contributed by atoms with Crippen molar-refractivity contribution in [2.24, 2.45) is 0 Å². The van der Waals surface area contributed by atoms with E-state index in [1.165, 1.54) is 0 Å². The molecule has 0 aromatic heterocycles. The van der Waals surface area contributed by atoms with E-state index in [-0.39, 0.29) is 29.6 Å². The summed E-state index contributed by atoms with van der Waals surface area (Å²) in [6, 6.07) is 0. The predicted molar refractivity (Wildman–Crippen MR) is 56.1 cm³/mol. The maximum Gasteiger partial charge on any atom is 0.774 e. The Morgan fingerprint density at radius 3 is 1.62 bits per heavy atom. The van der Waals surface area contributed by atoms with Crippen LogP contribution in [-0.4, -0.2) is 83.2 Å². The normalized spacial score (nSPS) is 9.46. The molecule has 0 N–H and O–H groups in total. The summed E-state index contributed by atoms with van der Waals surface area (Å²) >= 11 is 1.71. The molecular weight excluding hydrogens is 266 g/mol. The minimum Gasteiger partial charge on any atom is -0.468 e. The van der Waals surface area contributed by atoms with E-state index >= 15 is 0 Å². The number of hydrogen-bond acceptors (Lipinski definition) is 4. The molecule has 73 valence electrons. The molecule has 0 aromatic rings. The van der Waals surface area contributed by atoms with Gasteiger partial charge < -0.3 is 17.1 Å². The summed E-state index contributed by atoms with van der Waals surface area (Å²) in [7, 11) is 3.28. The molecule has 0 spiro atoms. The van der Waals surface area contributed by atoms with Crippen molar-refractivity contribution in [1.29, 1.82) is 0 Å². The van der Waals surface area contributed by atoms with Crippen molar-refractivity contribution in [3.63, 3.8) is 0 Å². The summed E-state index contributed by atoms with van der Waals surface area (Å²) in [5.41, 5.74) is 0. The molecule has 0 saturated carbocycles. The van der Waals surface area contributed by atoms with Crippen LogP contribution in [0.5, 0.6) is 0 Å². The average Bonchev–Trinajstić information content (AvgIpc) is 2.06. The number of methoxy groups -OCH3 is 2. The Bertz CT molecular complexity index is 90.7. The summed E-state index contributed by atoms with van der Waals surface area (Å²) in [5, 5.41) is 0. The Labute approximate surface area is 113 Å². The molecule has 0 bridgehead atoms. The van der Waals surface area contributed by atoms with Crippen LogP contribution in [-0.2, 0) is 17.1 Å². The quantitative estimate of drug-likeness (QED) is 0.474. The van der Waals surface area contributed by atoms with E-state index in [2.05, 4.69) is 14.1 Å². The van der Waals surface area contributed by atoms with Crippen LogP contribution in [0.4, 0.5) is 0 Å². The molecule has 0 atom stereocenters. The summed E-state index contributed by atoms with van der Waals surface area (Å²) in [6.07, 6.45) is 0. The van der Waals surface area contributed by atoms with Crippen molar-refractivity contribution in [3.8, 4) is 0 Å². The minimum absolute atomic E-state index is 0. The smallest absolute Gasteiger partial charge is 0.468 e. The number of ether oxygens (including phenoxy) is 2. The zero-order valence-corrected chi connectivity index (χ0v) is 13.2. The third-order valence-electron chi connectivity index (χ3n) is 1.07. The molecule has 0 rings (SSSR count). The van der Waals surface area contributed by atoms with Crippen molar-refractivity contribution in [2.45, 2.75) is 0 Å². The van der Waals surface area contributed by atoms with E-state index in [4.69, 9.17) is 17.1 Å². The van der Waals surface area contributed by atoms with E-state index in [9.17, 15) is 0 Å². The molecule has 0 aliphatic heterocycles. The molecule has 7 heteroatoms. The van der Waals surface area contributed by atoms with Crippen LogP contribution in [0.25, 0.3) is 0 Å². The minimum atomic E-state index is -1.61. The Kier molecular flexibility index (Phi) is 18.4. The number of hydrogen-bond donors (Lipinski definition) is 0. The van der Waals surface area contributed by atoms with Gasteiger partial charge in [-0.1, -0.05) is 0 Å². The standard InChI is InChI=1S/2C3H7O2.Al.BrH.Na/c2*1-5-3-2-4;;;/h2*2-3H2,1H3;;1H;/q2*-1;+3;;/p-1. The molecule has 4 nitrogen and oxygen atoms in total. The first-order valence-electron chi connectivity index (χ1n) is 3.66. The predicted octanol–water partition coefficient (Wildman–Crippen LogP) is 0.311. The van der Waals surface area contributed by atoms with Crippen LogP contribution < -0.4 is 0 Å². The van der Waals surface area contributed by atoms with E-state index in [1.54, 1.807) is 14.2 Å². The second kappa shape index (κ2) is 13.9. The van der Waals surface area contributed by atoms with Gasteiger partial charge in [0, 0.05) is 57.0 Å². The molecule has 0 saturated heterocycles. The average molecular weight is 280 g/mol. The molecule has 0 aliphatic rings. The summed E-state index contributed by atoms with van der Waals surface area (Å²) in [5.74, 6) is 0. The third kappa shape index (κ3) is 13.9. The zero-order valence-electron chi connectivity index (χ0n) is 8.42. The van der Waals surface area contributed by atoms with Gasteiger partial charge in [-0.3, -0.25) is 0 Å². The first kappa shape index (κ1) is 17.3. The fraction of sp³-hybridized carbons (Fsp3) is 1.00. The Balaban J connectivity index is 0. The van der Waals surface area contributed by atoms with Gasteiger partial charge in [-0.2, -0.15) is 0 Å². The van der Waals surface area contributed by atoms with Crippen molar-refractivity contribution < 1.29 is 17.1 Å². The second-order valence-electron chi connectivity index (χ2n) is 2.00. The van der Waals surface area contributed by atoms with E-state index in [0.29, 0.717) is 26.4 Å². The fourth-order valence-corrected chi connectivity index (χ4v) is 2.28. The van der Waals surface area contributed by atoms with Gasteiger partial charge in [-0.25, -0.2) is 0 Å². The number of halogens is 1. The third-order valence-corrected chi connectivity index (χ3v) is 3.65. The molecule has 13 heavy (non-hydrogen) atoms. The molecule has 0 aromatic carbocycles. The van der Waals surface area contributed by atoms with Crippen LogP contribution in [0.1, 0.15) is 0 Å². The summed E-state index contributed by atoms with van der Waals surface area (Å²) in [6.45, 7) is 2.35. The molecule has 0 aliphatic carbocycles. The fourth-order valence-electron chi connectivity index (χ4n) is 0.496. The monoisotopic (exact) mass is 279 g/mol. The van der Waals surface area contributed by atoms with Crippen LogP contribution in [0.2, 0.25) is 0 Å². The molecule has 1 radical (unpaired) electrons. The maximum absolute atomic E-state index is 5.28. The van der Waals surface area contributed by atoms with Gasteiger partial charge in [-0.15, -0.1) is 14.1 Å². The Morgan fingerprint density at radius 2 is 1.31 bits per heavy atom. The van der Waals surface area contributed by atoms with Gasteiger partial charge in [0.2, 0.25) is 0 Å².